The van der Waals surface area contributed by atoms with Gasteiger partial charge in [-0.15, -0.1) is 0 Å². The van der Waals surface area contributed by atoms with Crippen LogP contribution in [0.2, 0.25) is 0 Å². The van der Waals surface area contributed by atoms with Crippen LogP contribution in [0.4, 0.5) is 5.69 Å². The van der Waals surface area contributed by atoms with E-state index < -0.39 is 0 Å². The van der Waals surface area contributed by atoms with Crippen molar-refractivity contribution in [2.45, 2.75) is 12.5 Å². The van der Waals surface area contributed by atoms with Crippen LogP contribution in [0.5, 0.6) is 0 Å². The molecule has 2 N–H and O–H groups in total. The summed E-state index contributed by atoms with van der Waals surface area (Å²) in [5.41, 5.74) is 7.18. The monoisotopic (exact) mass is 266 g/mol. The van der Waals surface area contributed by atoms with Crippen molar-refractivity contribution in [3.05, 3.63) is 28.7 Å². The predicted molar refractivity (Wildman–Crippen MR) is 65.9 cm³/mol. The van der Waals surface area contributed by atoms with Gasteiger partial charge in [0, 0.05) is 29.3 Å². The van der Waals surface area contributed by atoms with Crippen molar-refractivity contribution in [3.63, 3.8) is 0 Å². The Balaban J connectivity index is 1.88. The first kappa shape index (κ1) is 9.67. The predicted octanol–water partition coefficient (Wildman–Crippen LogP) is 2.23. The lowest BCUT2D eigenvalue weighted by Crippen LogP contribution is -2.38. The number of fused-ring (bicyclic) bond motifs is 1. The van der Waals surface area contributed by atoms with Gasteiger partial charge in [-0.1, -0.05) is 22.0 Å². The number of hydrogen-bond acceptors (Lipinski definition) is 2. The van der Waals surface area contributed by atoms with Crippen LogP contribution in [-0.4, -0.2) is 19.1 Å². The Morgan fingerprint density at radius 1 is 1.47 bits per heavy atom. The molecular weight excluding hydrogens is 252 g/mol. The van der Waals surface area contributed by atoms with Crippen molar-refractivity contribution in [2.75, 3.05) is 18.0 Å². The fourth-order valence-corrected chi connectivity index (χ4v) is 3.21. The molecule has 3 unspecified atom stereocenters. The summed E-state index contributed by atoms with van der Waals surface area (Å²) in [5.74, 6) is 1.78. The van der Waals surface area contributed by atoms with E-state index in [4.69, 9.17) is 5.73 Å². The summed E-state index contributed by atoms with van der Waals surface area (Å²) >= 11 is 3.52. The third-order valence-corrected chi connectivity index (χ3v) is 4.18. The van der Waals surface area contributed by atoms with Crippen LogP contribution < -0.4 is 10.6 Å². The van der Waals surface area contributed by atoms with Gasteiger partial charge in [-0.2, -0.15) is 0 Å². The van der Waals surface area contributed by atoms with E-state index in [1.807, 2.05) is 0 Å². The van der Waals surface area contributed by atoms with E-state index in [1.165, 1.54) is 18.7 Å². The first-order chi connectivity index (χ1) is 7.29. The van der Waals surface area contributed by atoms with E-state index in [0.29, 0.717) is 6.04 Å². The Kier molecular flexibility index (Phi) is 2.25. The molecule has 0 amide bonds. The molecule has 15 heavy (non-hydrogen) atoms. The van der Waals surface area contributed by atoms with E-state index in [-0.39, 0.29) is 0 Å². The number of nitrogens with zero attached hydrogens (tertiary/aromatic N) is 1. The molecule has 1 aliphatic carbocycles. The molecule has 1 saturated heterocycles. The topological polar surface area (TPSA) is 29.3 Å². The van der Waals surface area contributed by atoms with E-state index in [1.54, 1.807) is 0 Å². The van der Waals surface area contributed by atoms with Crippen molar-refractivity contribution < 1.29 is 0 Å². The molecule has 80 valence electrons. The van der Waals surface area contributed by atoms with Crippen LogP contribution >= 0.6 is 15.9 Å². The smallest absolute Gasteiger partial charge is 0.0444 e. The Morgan fingerprint density at radius 3 is 3.07 bits per heavy atom. The number of rotatable bonds is 2. The number of piperidine rings is 1. The van der Waals surface area contributed by atoms with Gasteiger partial charge in [0.1, 0.15) is 0 Å². The summed E-state index contributed by atoms with van der Waals surface area (Å²) in [6.07, 6.45) is 1.40. The molecule has 3 heteroatoms. The van der Waals surface area contributed by atoms with Crippen molar-refractivity contribution in [1.82, 2.24) is 0 Å². The molecule has 1 aromatic carbocycles. The molecule has 0 radical (unpaired) electrons. The van der Waals surface area contributed by atoms with Crippen molar-refractivity contribution in [2.24, 2.45) is 17.6 Å². The van der Waals surface area contributed by atoms with Crippen LogP contribution in [0.3, 0.4) is 0 Å². The number of benzene rings is 1. The van der Waals surface area contributed by atoms with Gasteiger partial charge in [0.2, 0.25) is 0 Å². The lowest BCUT2D eigenvalue weighted by atomic mass is 10.1. The highest BCUT2D eigenvalue weighted by atomic mass is 79.9. The molecular formula is C12H15BrN2. The Morgan fingerprint density at radius 2 is 2.33 bits per heavy atom. The molecule has 2 aliphatic rings. The van der Waals surface area contributed by atoms with Gasteiger partial charge in [-0.05, 0) is 36.5 Å². The first-order valence-corrected chi connectivity index (χ1v) is 6.31. The SMILES string of the molecule is NCC1C2CC2CN1c1cccc(Br)c1. The largest absolute Gasteiger partial charge is 0.367 e. The molecule has 3 atom stereocenters. The average molecular weight is 267 g/mol. The van der Waals surface area contributed by atoms with Crippen LogP contribution in [0.25, 0.3) is 0 Å². The fraction of sp³-hybridized carbons (Fsp3) is 0.500. The number of anilines is 1. The standard InChI is InChI=1S/C12H15BrN2/c13-9-2-1-3-10(5-9)15-7-8-4-11(8)12(15)6-14/h1-3,5,8,11-12H,4,6-7,14H2. The van der Waals surface area contributed by atoms with E-state index in [0.717, 1.165) is 22.9 Å². The number of nitrogens with two attached hydrogens (primary N) is 1. The zero-order chi connectivity index (χ0) is 10.4. The van der Waals surface area contributed by atoms with Gasteiger partial charge in [0.05, 0.1) is 0 Å². The maximum atomic E-state index is 5.86. The highest BCUT2D eigenvalue weighted by molar-refractivity contribution is 9.10. The molecule has 1 aromatic rings. The molecule has 2 fully saturated rings. The molecule has 1 heterocycles. The van der Waals surface area contributed by atoms with Gasteiger partial charge in [-0.3, -0.25) is 0 Å². The third kappa shape index (κ3) is 1.58. The third-order valence-electron chi connectivity index (χ3n) is 3.68. The maximum Gasteiger partial charge on any atom is 0.0444 e. The number of hydrogen-bond donors (Lipinski definition) is 1. The molecule has 0 aromatic heterocycles. The first-order valence-electron chi connectivity index (χ1n) is 5.52. The van der Waals surface area contributed by atoms with Gasteiger partial charge in [-0.25, -0.2) is 0 Å². The lowest BCUT2D eigenvalue weighted by Gasteiger charge is -2.28. The highest BCUT2D eigenvalue weighted by Gasteiger charge is 2.51. The van der Waals surface area contributed by atoms with Crippen molar-refractivity contribution >= 4 is 21.6 Å². The minimum atomic E-state index is 0.573. The highest BCUT2D eigenvalue weighted by Crippen LogP contribution is 2.50. The average Bonchev–Trinajstić information content (AvgIpc) is 2.90. The summed E-state index contributed by atoms with van der Waals surface area (Å²) in [4.78, 5) is 2.48. The molecule has 1 aliphatic heterocycles. The quantitative estimate of drug-likeness (QED) is 0.890. The van der Waals surface area contributed by atoms with E-state index in [2.05, 4.69) is 45.1 Å². The van der Waals surface area contributed by atoms with Crippen molar-refractivity contribution in [1.29, 1.82) is 0 Å². The number of halogens is 1. The molecule has 0 spiro atoms. The van der Waals surface area contributed by atoms with E-state index in [9.17, 15) is 0 Å². The van der Waals surface area contributed by atoms with Gasteiger partial charge >= 0.3 is 0 Å². The molecule has 3 rings (SSSR count). The lowest BCUT2D eigenvalue weighted by molar-refractivity contribution is 0.605. The van der Waals surface area contributed by atoms with Crippen molar-refractivity contribution in [3.8, 4) is 0 Å². The maximum absolute atomic E-state index is 5.86. The second kappa shape index (κ2) is 3.49. The fourth-order valence-electron chi connectivity index (χ4n) is 2.83. The van der Waals surface area contributed by atoms with Crippen LogP contribution in [-0.2, 0) is 0 Å². The minimum absolute atomic E-state index is 0.573. The summed E-state index contributed by atoms with van der Waals surface area (Å²) in [5, 5.41) is 0. The summed E-state index contributed by atoms with van der Waals surface area (Å²) < 4.78 is 1.15. The van der Waals surface area contributed by atoms with Gasteiger partial charge < -0.3 is 10.6 Å². The summed E-state index contributed by atoms with van der Waals surface area (Å²) in [7, 11) is 0. The van der Waals surface area contributed by atoms with Gasteiger partial charge in [0.25, 0.3) is 0 Å². The second-order valence-corrected chi connectivity index (χ2v) is 5.51. The molecule has 2 nitrogen and oxygen atoms in total. The van der Waals surface area contributed by atoms with Crippen LogP contribution in [0.1, 0.15) is 6.42 Å². The zero-order valence-electron chi connectivity index (χ0n) is 8.57. The minimum Gasteiger partial charge on any atom is -0.367 e. The second-order valence-electron chi connectivity index (χ2n) is 4.59. The van der Waals surface area contributed by atoms with E-state index >= 15 is 0 Å². The zero-order valence-corrected chi connectivity index (χ0v) is 10.2. The Labute approximate surface area is 98.6 Å². The molecule has 1 saturated carbocycles. The molecule has 0 bridgehead atoms. The van der Waals surface area contributed by atoms with Crippen LogP contribution in [0.15, 0.2) is 28.7 Å². The Hall–Kier alpha value is -0.540. The summed E-state index contributed by atoms with van der Waals surface area (Å²) in [6, 6.07) is 9.10. The Bertz CT molecular complexity index is 380. The van der Waals surface area contributed by atoms with Crippen LogP contribution in [0, 0.1) is 11.8 Å². The van der Waals surface area contributed by atoms with Gasteiger partial charge in [0.15, 0.2) is 0 Å². The summed E-state index contributed by atoms with van der Waals surface area (Å²) in [6.45, 7) is 1.98. The normalized spacial score (nSPS) is 32.9.